The first-order valence-electron chi connectivity index (χ1n) is 6.51. The number of nitrogens with one attached hydrogen (secondary N) is 1. The van der Waals surface area contributed by atoms with Gasteiger partial charge < -0.3 is 9.64 Å². The van der Waals surface area contributed by atoms with Crippen LogP contribution in [-0.2, 0) is 4.84 Å². The van der Waals surface area contributed by atoms with Crippen LogP contribution in [0.15, 0.2) is 41.0 Å². The molecule has 1 aromatic rings. The second-order valence-corrected chi connectivity index (χ2v) is 5.78. The van der Waals surface area contributed by atoms with Crippen LogP contribution in [0.5, 0.6) is 5.75 Å². The van der Waals surface area contributed by atoms with E-state index in [-0.39, 0.29) is 11.7 Å². The van der Waals surface area contributed by atoms with E-state index in [1.807, 2.05) is 24.3 Å². The highest BCUT2D eigenvalue weighted by atomic mass is 79.9. The van der Waals surface area contributed by atoms with Crippen LogP contribution in [0, 0.1) is 0 Å². The highest BCUT2D eigenvalue weighted by molar-refractivity contribution is 9.11. The van der Waals surface area contributed by atoms with Gasteiger partial charge in [-0.3, -0.25) is 10.3 Å². The third-order valence-electron chi connectivity index (χ3n) is 3.56. The van der Waals surface area contributed by atoms with Gasteiger partial charge in [0, 0.05) is 25.9 Å². The third kappa shape index (κ3) is 2.81. The van der Waals surface area contributed by atoms with Gasteiger partial charge in [-0.05, 0) is 34.1 Å². The molecule has 2 aliphatic heterocycles. The molecule has 1 spiro atoms. The first-order chi connectivity index (χ1) is 9.67. The lowest BCUT2D eigenvalue weighted by Gasteiger charge is -2.35. The zero-order valence-electron chi connectivity index (χ0n) is 10.8. The molecule has 1 aromatic carbocycles. The summed E-state index contributed by atoms with van der Waals surface area (Å²) < 4.78 is 6.18. The molecule has 1 amide bonds. The largest absolute Gasteiger partial charge is 0.415 e. The second kappa shape index (κ2) is 5.46. The molecule has 0 aliphatic carbocycles. The Bertz CT molecular complexity index is 524. The first kappa shape index (κ1) is 13.5. The van der Waals surface area contributed by atoms with E-state index in [0.29, 0.717) is 18.8 Å². The SMILES string of the molecule is O=C(Oc1ccccc1)N1CCC2(C=C(Br)NO2)CC1. The zero-order chi connectivity index (χ0) is 14.0. The molecular weight excluding hydrogens is 324 g/mol. The number of carbonyl (C=O) groups is 1. The van der Waals surface area contributed by atoms with Crippen molar-refractivity contribution in [3.8, 4) is 5.75 Å². The topological polar surface area (TPSA) is 50.8 Å². The Labute approximate surface area is 125 Å². The van der Waals surface area contributed by atoms with Crippen molar-refractivity contribution in [1.82, 2.24) is 10.4 Å². The van der Waals surface area contributed by atoms with E-state index in [0.717, 1.165) is 17.4 Å². The van der Waals surface area contributed by atoms with Gasteiger partial charge in [-0.1, -0.05) is 18.2 Å². The van der Waals surface area contributed by atoms with Crippen molar-refractivity contribution in [3.63, 3.8) is 0 Å². The lowest BCUT2D eigenvalue weighted by molar-refractivity contribution is -0.0682. The quantitative estimate of drug-likeness (QED) is 0.800. The molecule has 1 saturated heterocycles. The van der Waals surface area contributed by atoms with Crippen molar-refractivity contribution in [3.05, 3.63) is 41.0 Å². The number of halogens is 1. The number of hydrogen-bond acceptors (Lipinski definition) is 4. The van der Waals surface area contributed by atoms with Crippen LogP contribution >= 0.6 is 15.9 Å². The van der Waals surface area contributed by atoms with Crippen LogP contribution in [0.4, 0.5) is 4.79 Å². The summed E-state index contributed by atoms with van der Waals surface area (Å²) in [6, 6.07) is 9.11. The fraction of sp³-hybridized carbons (Fsp3) is 0.357. The highest BCUT2D eigenvalue weighted by Crippen LogP contribution is 2.33. The Morgan fingerprint density at radius 2 is 2.00 bits per heavy atom. The van der Waals surface area contributed by atoms with Gasteiger partial charge in [-0.25, -0.2) is 4.79 Å². The van der Waals surface area contributed by atoms with E-state index in [1.165, 1.54) is 0 Å². The number of para-hydroxylation sites is 1. The Kier molecular flexibility index (Phi) is 3.67. The lowest BCUT2D eigenvalue weighted by Crippen LogP contribution is -2.47. The molecule has 0 atom stereocenters. The average molecular weight is 339 g/mol. The van der Waals surface area contributed by atoms with Crippen molar-refractivity contribution < 1.29 is 14.4 Å². The zero-order valence-corrected chi connectivity index (χ0v) is 12.4. The summed E-state index contributed by atoms with van der Waals surface area (Å²) in [5.41, 5.74) is 2.50. The Morgan fingerprint density at radius 3 is 2.60 bits per heavy atom. The molecule has 0 unspecified atom stereocenters. The fourth-order valence-corrected chi connectivity index (χ4v) is 2.91. The maximum Gasteiger partial charge on any atom is 0.415 e. The average Bonchev–Trinajstić information content (AvgIpc) is 2.81. The molecule has 2 heterocycles. The molecule has 0 radical (unpaired) electrons. The van der Waals surface area contributed by atoms with Gasteiger partial charge in [-0.2, -0.15) is 0 Å². The third-order valence-corrected chi connectivity index (χ3v) is 3.95. The fourth-order valence-electron chi connectivity index (χ4n) is 2.41. The molecule has 3 rings (SSSR count). The number of piperidine rings is 1. The molecule has 1 N–H and O–H groups in total. The van der Waals surface area contributed by atoms with Crippen molar-refractivity contribution in [2.45, 2.75) is 18.4 Å². The smallest absolute Gasteiger partial charge is 0.410 e. The number of nitrogens with zero attached hydrogens (tertiary/aromatic N) is 1. The summed E-state index contributed by atoms with van der Waals surface area (Å²) in [5, 5.41) is 0. The minimum atomic E-state index is -0.306. The van der Waals surface area contributed by atoms with Crippen LogP contribution in [-0.4, -0.2) is 29.7 Å². The summed E-state index contributed by atoms with van der Waals surface area (Å²) in [4.78, 5) is 19.3. The number of rotatable bonds is 1. The van der Waals surface area contributed by atoms with Gasteiger partial charge in [0.15, 0.2) is 0 Å². The number of hydrogen-bond donors (Lipinski definition) is 1. The Morgan fingerprint density at radius 1 is 1.30 bits per heavy atom. The molecule has 0 bridgehead atoms. The van der Waals surface area contributed by atoms with E-state index >= 15 is 0 Å². The number of carbonyl (C=O) groups excluding carboxylic acids is 1. The van der Waals surface area contributed by atoms with E-state index in [1.54, 1.807) is 17.0 Å². The van der Waals surface area contributed by atoms with Crippen LogP contribution < -0.4 is 10.2 Å². The Hall–Kier alpha value is -1.53. The maximum absolute atomic E-state index is 12.1. The number of amides is 1. The molecule has 6 heteroatoms. The maximum atomic E-state index is 12.1. The van der Waals surface area contributed by atoms with Gasteiger partial charge >= 0.3 is 6.09 Å². The lowest BCUT2D eigenvalue weighted by atomic mass is 9.92. The van der Waals surface area contributed by atoms with Crippen LogP contribution in [0.1, 0.15) is 12.8 Å². The minimum absolute atomic E-state index is 0.303. The molecule has 2 aliphatic rings. The van der Waals surface area contributed by atoms with Gasteiger partial charge in [0.05, 0.1) is 0 Å². The summed E-state index contributed by atoms with van der Waals surface area (Å²) in [6.45, 7) is 1.23. The first-order valence-corrected chi connectivity index (χ1v) is 7.30. The molecular formula is C14H15BrN2O3. The van der Waals surface area contributed by atoms with Crippen LogP contribution in [0.3, 0.4) is 0 Å². The molecule has 1 fully saturated rings. The molecule has 5 nitrogen and oxygen atoms in total. The molecule has 106 valence electrons. The van der Waals surface area contributed by atoms with Crippen molar-refractivity contribution >= 4 is 22.0 Å². The summed E-state index contributed by atoms with van der Waals surface area (Å²) in [6.07, 6.45) is 3.21. The van der Waals surface area contributed by atoms with Gasteiger partial charge in [0.1, 0.15) is 16.0 Å². The number of likely N-dealkylation sites (tertiary alicyclic amines) is 1. The normalized spacial score (nSPS) is 20.4. The monoisotopic (exact) mass is 338 g/mol. The van der Waals surface area contributed by atoms with E-state index in [4.69, 9.17) is 9.57 Å². The van der Waals surface area contributed by atoms with Crippen molar-refractivity contribution in [2.75, 3.05) is 13.1 Å². The molecule has 0 aromatic heterocycles. The van der Waals surface area contributed by atoms with Gasteiger partial charge in [0.2, 0.25) is 0 Å². The van der Waals surface area contributed by atoms with Crippen molar-refractivity contribution in [2.24, 2.45) is 0 Å². The molecule has 0 saturated carbocycles. The highest BCUT2D eigenvalue weighted by Gasteiger charge is 2.39. The van der Waals surface area contributed by atoms with Crippen molar-refractivity contribution in [1.29, 1.82) is 0 Å². The van der Waals surface area contributed by atoms with E-state index in [2.05, 4.69) is 21.4 Å². The predicted molar refractivity (Wildman–Crippen MR) is 77.2 cm³/mol. The second-order valence-electron chi connectivity index (χ2n) is 4.93. The number of hydroxylamine groups is 1. The number of benzene rings is 1. The number of ether oxygens (including phenoxy) is 1. The summed E-state index contributed by atoms with van der Waals surface area (Å²) in [5.74, 6) is 0.569. The molecule has 20 heavy (non-hydrogen) atoms. The van der Waals surface area contributed by atoms with Gasteiger partial charge in [-0.15, -0.1) is 0 Å². The van der Waals surface area contributed by atoms with Gasteiger partial charge in [0.25, 0.3) is 0 Å². The standard InChI is InChI=1S/C14H15BrN2O3/c15-12-10-14(20-16-12)6-8-17(9-7-14)13(18)19-11-4-2-1-3-5-11/h1-5,10,16H,6-9H2. The Balaban J connectivity index is 1.57. The minimum Gasteiger partial charge on any atom is -0.410 e. The summed E-state index contributed by atoms with van der Waals surface area (Å²) in [7, 11) is 0. The van der Waals surface area contributed by atoms with Crippen LogP contribution in [0.2, 0.25) is 0 Å². The van der Waals surface area contributed by atoms with Crippen LogP contribution in [0.25, 0.3) is 0 Å². The predicted octanol–water partition coefficient (Wildman–Crippen LogP) is 2.79. The summed E-state index contributed by atoms with van der Waals surface area (Å²) >= 11 is 3.36. The van der Waals surface area contributed by atoms with E-state index < -0.39 is 0 Å². The van der Waals surface area contributed by atoms with E-state index in [9.17, 15) is 4.79 Å².